The number of ether oxygens (including phenoxy) is 1. The maximum Gasteiger partial charge on any atom is 0.231 e. The van der Waals surface area contributed by atoms with Gasteiger partial charge in [0, 0.05) is 11.5 Å². The Morgan fingerprint density at radius 2 is 2.14 bits per heavy atom. The van der Waals surface area contributed by atoms with Crippen LogP contribution in [0.1, 0.15) is 26.3 Å². The van der Waals surface area contributed by atoms with Crippen molar-refractivity contribution in [1.82, 2.24) is 19.9 Å². The van der Waals surface area contributed by atoms with E-state index in [1.54, 1.807) is 14.0 Å². The highest BCUT2D eigenvalue weighted by Gasteiger charge is 2.30. The maximum absolute atomic E-state index is 12.4. The van der Waals surface area contributed by atoms with E-state index in [0.29, 0.717) is 10.8 Å². The van der Waals surface area contributed by atoms with Crippen molar-refractivity contribution >= 4 is 34.2 Å². The Bertz CT molecular complexity index is 1090. The lowest BCUT2D eigenvalue weighted by molar-refractivity contribution is -0.120. The third kappa shape index (κ3) is 3.62. The van der Waals surface area contributed by atoms with E-state index in [2.05, 4.69) is 21.6 Å². The average molecular weight is 398 g/mol. The summed E-state index contributed by atoms with van der Waals surface area (Å²) in [4.78, 5) is 12.4. The summed E-state index contributed by atoms with van der Waals surface area (Å²) < 4.78 is 7.28. The second-order valence-electron chi connectivity index (χ2n) is 7.19. The van der Waals surface area contributed by atoms with Crippen molar-refractivity contribution in [1.29, 1.82) is 5.26 Å². The molecule has 28 heavy (non-hydrogen) atoms. The molecule has 0 saturated heterocycles. The van der Waals surface area contributed by atoms with E-state index in [-0.39, 0.29) is 17.6 Å². The second kappa shape index (κ2) is 7.68. The fraction of sp³-hybridized carbons (Fsp3) is 0.400. The smallest absolute Gasteiger partial charge is 0.231 e. The number of aryl methyl sites for hydroxylation is 1. The molecule has 2 heterocycles. The molecule has 1 N–H and O–H groups in total. The Hall–Kier alpha value is -2.79. The van der Waals surface area contributed by atoms with Crippen LogP contribution < -0.4 is 10.1 Å². The Labute approximate surface area is 168 Å². The van der Waals surface area contributed by atoms with Gasteiger partial charge in [0.15, 0.2) is 10.8 Å². The Morgan fingerprint density at radius 1 is 1.39 bits per heavy atom. The molecule has 1 unspecified atom stereocenters. The van der Waals surface area contributed by atoms with E-state index in [9.17, 15) is 10.1 Å². The van der Waals surface area contributed by atoms with Gasteiger partial charge in [-0.1, -0.05) is 25.6 Å². The zero-order valence-corrected chi connectivity index (χ0v) is 17.4. The third-order valence-electron chi connectivity index (χ3n) is 4.99. The fourth-order valence-electron chi connectivity index (χ4n) is 2.88. The lowest BCUT2D eigenvalue weighted by atomic mass is 9.90. The molecule has 0 fully saturated rings. The van der Waals surface area contributed by atoms with Crippen LogP contribution in [-0.2, 0) is 4.79 Å². The lowest BCUT2D eigenvalue weighted by Gasteiger charge is -2.27. The number of aromatic nitrogens is 3. The number of hydrogen-bond acceptors (Lipinski definition) is 6. The quantitative estimate of drug-likeness (QED) is 0.641. The number of nitrogens with one attached hydrogen (secondary N) is 1. The number of nitrogens with zero attached hydrogens (tertiary/aromatic N) is 4. The molecule has 7 nitrogen and oxygen atoms in total. The van der Waals surface area contributed by atoms with Gasteiger partial charge in [0.05, 0.1) is 24.4 Å². The molecule has 0 aliphatic heterocycles. The minimum atomic E-state index is -0.901. The van der Waals surface area contributed by atoms with Crippen LogP contribution in [0.3, 0.4) is 0 Å². The summed E-state index contributed by atoms with van der Waals surface area (Å²) in [6.45, 7) is 7.57. The van der Waals surface area contributed by atoms with Crippen molar-refractivity contribution in [3.05, 3.63) is 29.8 Å². The summed E-state index contributed by atoms with van der Waals surface area (Å²) >= 11 is 1.29. The number of nitriles is 1. The first-order valence-corrected chi connectivity index (χ1v) is 9.95. The van der Waals surface area contributed by atoms with Crippen molar-refractivity contribution in [2.75, 3.05) is 12.9 Å². The third-order valence-corrected chi connectivity index (χ3v) is 5.92. The van der Waals surface area contributed by atoms with Crippen LogP contribution in [0, 0.1) is 24.2 Å². The molecule has 0 saturated carbocycles. The summed E-state index contributed by atoms with van der Waals surface area (Å²) in [5, 5.41) is 22.4. The number of methoxy groups -OCH3 is 1. The average Bonchev–Trinajstić information content (AvgIpc) is 3.08. The van der Waals surface area contributed by atoms with Gasteiger partial charge >= 0.3 is 0 Å². The zero-order valence-electron chi connectivity index (χ0n) is 16.6. The van der Waals surface area contributed by atoms with E-state index in [0.717, 1.165) is 22.2 Å². The Kier molecular flexibility index (Phi) is 5.47. The highest BCUT2D eigenvalue weighted by atomic mass is 32.2. The number of hydrogen-bond donors (Lipinski definition) is 1. The van der Waals surface area contributed by atoms with Crippen LogP contribution in [0.2, 0.25) is 0 Å². The Morgan fingerprint density at radius 3 is 2.79 bits per heavy atom. The van der Waals surface area contributed by atoms with Gasteiger partial charge in [0.25, 0.3) is 0 Å². The number of carbonyl (C=O) groups is 1. The molecule has 0 bridgehead atoms. The zero-order chi connectivity index (χ0) is 20.5. The first-order chi connectivity index (χ1) is 13.3. The van der Waals surface area contributed by atoms with Crippen molar-refractivity contribution < 1.29 is 9.53 Å². The van der Waals surface area contributed by atoms with Gasteiger partial charge < -0.3 is 10.1 Å². The van der Waals surface area contributed by atoms with Gasteiger partial charge in [-0.3, -0.25) is 9.20 Å². The normalized spacial score (nSPS) is 13.5. The van der Waals surface area contributed by atoms with Gasteiger partial charge in [-0.25, -0.2) is 0 Å². The predicted molar refractivity (Wildman–Crippen MR) is 110 cm³/mol. The summed E-state index contributed by atoms with van der Waals surface area (Å²) in [5.74, 6) is 0.668. The number of benzene rings is 1. The number of thioether (sulfide) groups is 1. The molecule has 1 amide bonds. The number of amides is 1. The number of carbonyl (C=O) groups excluding carboxylic acids is 1. The van der Waals surface area contributed by atoms with Gasteiger partial charge in [0.2, 0.25) is 5.91 Å². The van der Waals surface area contributed by atoms with Gasteiger partial charge in [-0.2, -0.15) is 5.26 Å². The fourth-order valence-corrected chi connectivity index (χ4v) is 3.63. The molecule has 2 aromatic heterocycles. The van der Waals surface area contributed by atoms with Crippen LogP contribution in [0.4, 0.5) is 0 Å². The summed E-state index contributed by atoms with van der Waals surface area (Å²) in [7, 11) is 1.63. The highest BCUT2D eigenvalue weighted by Crippen LogP contribution is 2.28. The monoisotopic (exact) mass is 397 g/mol. The van der Waals surface area contributed by atoms with Crippen molar-refractivity contribution in [3.63, 3.8) is 0 Å². The molecule has 0 aliphatic carbocycles. The second-order valence-corrected chi connectivity index (χ2v) is 8.13. The summed E-state index contributed by atoms with van der Waals surface area (Å²) in [6.07, 6.45) is 0. The van der Waals surface area contributed by atoms with Crippen molar-refractivity contribution in [2.24, 2.45) is 5.92 Å². The van der Waals surface area contributed by atoms with E-state index < -0.39 is 5.54 Å². The highest BCUT2D eigenvalue weighted by molar-refractivity contribution is 7.99. The topological polar surface area (TPSA) is 92.3 Å². The van der Waals surface area contributed by atoms with E-state index in [1.807, 2.05) is 49.4 Å². The van der Waals surface area contributed by atoms with Crippen LogP contribution >= 0.6 is 11.8 Å². The standard InChI is InChI=1S/C20H23N5O2S/c1-12(2)20(4,11-21)22-18(26)10-28-19-24-23-17-8-13(3)15-7-6-14(27-5)9-16(15)25(17)19/h6-9,12H,10H2,1-5H3,(H,22,26). The van der Waals surface area contributed by atoms with Crippen LogP contribution in [0.15, 0.2) is 29.4 Å². The van der Waals surface area contributed by atoms with E-state index in [4.69, 9.17) is 4.74 Å². The van der Waals surface area contributed by atoms with Crippen LogP contribution in [0.5, 0.6) is 5.75 Å². The molecule has 146 valence electrons. The van der Waals surface area contributed by atoms with Crippen LogP contribution in [-0.4, -0.2) is 38.9 Å². The molecular formula is C20H23N5O2S. The molecule has 1 atom stereocenters. The largest absolute Gasteiger partial charge is 0.497 e. The van der Waals surface area contributed by atoms with Gasteiger partial charge in [-0.15, -0.1) is 10.2 Å². The summed E-state index contributed by atoms with van der Waals surface area (Å²) in [6, 6.07) is 10.0. The summed E-state index contributed by atoms with van der Waals surface area (Å²) in [5.41, 5.74) is 1.83. The molecule has 1 aromatic carbocycles. The molecule has 0 aliphatic rings. The van der Waals surface area contributed by atoms with Gasteiger partial charge in [0.1, 0.15) is 11.3 Å². The number of fused-ring (bicyclic) bond motifs is 3. The Balaban J connectivity index is 1.91. The van der Waals surface area contributed by atoms with E-state index in [1.165, 1.54) is 11.8 Å². The molecule has 3 aromatic rings. The molecule has 0 radical (unpaired) electrons. The van der Waals surface area contributed by atoms with E-state index >= 15 is 0 Å². The maximum atomic E-state index is 12.4. The van der Waals surface area contributed by atoms with Crippen molar-refractivity contribution in [2.45, 2.75) is 38.4 Å². The SMILES string of the molecule is COc1ccc2c(C)cc3nnc(SCC(=O)NC(C)(C#N)C(C)C)n3c2c1. The molecule has 8 heteroatoms. The lowest BCUT2D eigenvalue weighted by Crippen LogP contribution is -2.49. The number of pyridine rings is 1. The first-order valence-electron chi connectivity index (χ1n) is 8.96. The minimum Gasteiger partial charge on any atom is -0.497 e. The number of rotatable bonds is 6. The predicted octanol–water partition coefficient (Wildman–Crippen LogP) is 3.35. The molecular weight excluding hydrogens is 374 g/mol. The van der Waals surface area contributed by atoms with Crippen LogP contribution in [0.25, 0.3) is 16.6 Å². The minimum absolute atomic E-state index is 0.000226. The molecule has 0 spiro atoms. The van der Waals surface area contributed by atoms with Crippen molar-refractivity contribution in [3.8, 4) is 11.8 Å². The van der Waals surface area contributed by atoms with Gasteiger partial charge in [-0.05, 0) is 43.5 Å². The molecule has 3 rings (SSSR count). The first kappa shape index (κ1) is 20.0.